The molecule has 2 rings (SSSR count). The van der Waals surface area contributed by atoms with Crippen molar-refractivity contribution in [2.75, 3.05) is 0 Å². The third kappa shape index (κ3) is 2.29. The highest BCUT2D eigenvalue weighted by Gasteiger charge is 2.43. The first-order valence-corrected chi connectivity index (χ1v) is 9.49. The molecule has 0 aromatic heterocycles. The molecule has 0 heterocycles. The summed E-state index contributed by atoms with van der Waals surface area (Å²) in [6, 6.07) is 8.79. The fourth-order valence-electron chi connectivity index (χ4n) is 2.50. The Kier molecular flexibility index (Phi) is 2.88. The second kappa shape index (κ2) is 3.97. The van der Waals surface area contributed by atoms with Gasteiger partial charge < -0.3 is 4.43 Å². The van der Waals surface area contributed by atoms with Gasteiger partial charge in [0.15, 0.2) is 13.9 Å². The molecule has 0 bridgehead atoms. The average molecular weight is 245 g/mol. The van der Waals surface area contributed by atoms with Crippen LogP contribution in [0.4, 0.5) is 0 Å². The lowest BCUT2D eigenvalue weighted by atomic mass is 9.96. The van der Waals surface area contributed by atoms with Crippen molar-refractivity contribution >= 4 is 8.32 Å². The van der Waals surface area contributed by atoms with Crippen LogP contribution in [0.5, 0.6) is 0 Å². The van der Waals surface area contributed by atoms with Gasteiger partial charge in [0.05, 0.1) is 0 Å². The summed E-state index contributed by atoms with van der Waals surface area (Å²) < 4.78 is 6.19. The van der Waals surface area contributed by atoms with Crippen molar-refractivity contribution in [1.29, 1.82) is 5.26 Å². The molecular formula is C14H19NOSi. The van der Waals surface area contributed by atoms with Gasteiger partial charge in [0.25, 0.3) is 0 Å². The lowest BCUT2D eigenvalue weighted by Crippen LogP contribution is -2.38. The van der Waals surface area contributed by atoms with Crippen LogP contribution in [-0.2, 0) is 16.4 Å². The number of nitriles is 1. The molecule has 0 saturated heterocycles. The van der Waals surface area contributed by atoms with Crippen molar-refractivity contribution in [3.8, 4) is 6.07 Å². The zero-order valence-corrected chi connectivity index (χ0v) is 12.0. The van der Waals surface area contributed by atoms with Crippen molar-refractivity contribution in [3.63, 3.8) is 0 Å². The highest BCUT2D eigenvalue weighted by atomic mass is 28.4. The van der Waals surface area contributed by atoms with E-state index in [1.807, 2.05) is 0 Å². The van der Waals surface area contributed by atoms with Crippen molar-refractivity contribution < 1.29 is 4.43 Å². The molecule has 0 N–H and O–H groups in total. The van der Waals surface area contributed by atoms with Crippen molar-refractivity contribution in [2.24, 2.45) is 0 Å². The SMILES string of the molecule is Cc1ccc2c(c1)C(C#N)(O[Si](C)(C)C)CC2. The average Bonchev–Trinajstić information content (AvgIpc) is 2.56. The van der Waals surface area contributed by atoms with Crippen molar-refractivity contribution in [3.05, 3.63) is 34.9 Å². The number of hydrogen-bond donors (Lipinski definition) is 0. The minimum Gasteiger partial charge on any atom is -0.396 e. The Bertz CT molecular complexity index is 484. The van der Waals surface area contributed by atoms with Gasteiger partial charge in [-0.2, -0.15) is 5.26 Å². The molecule has 0 amide bonds. The van der Waals surface area contributed by atoms with Gasteiger partial charge in [0.1, 0.15) is 6.07 Å². The molecule has 1 aromatic rings. The predicted octanol–water partition coefficient (Wildman–Crippen LogP) is 3.51. The van der Waals surface area contributed by atoms with Gasteiger partial charge in [-0.3, -0.25) is 0 Å². The van der Waals surface area contributed by atoms with E-state index < -0.39 is 13.9 Å². The van der Waals surface area contributed by atoms with Crippen LogP contribution in [0.1, 0.15) is 23.1 Å². The lowest BCUT2D eigenvalue weighted by molar-refractivity contribution is 0.121. The maximum absolute atomic E-state index is 9.56. The van der Waals surface area contributed by atoms with Crippen LogP contribution in [0.3, 0.4) is 0 Å². The molecule has 1 atom stereocenters. The third-order valence-electron chi connectivity index (χ3n) is 3.11. The number of fused-ring (bicyclic) bond motifs is 1. The summed E-state index contributed by atoms with van der Waals surface area (Å²) in [4.78, 5) is 0. The molecule has 1 aliphatic carbocycles. The monoisotopic (exact) mass is 245 g/mol. The Morgan fingerprint density at radius 2 is 2.06 bits per heavy atom. The molecule has 17 heavy (non-hydrogen) atoms. The number of nitrogens with zero attached hydrogens (tertiary/aromatic N) is 1. The van der Waals surface area contributed by atoms with E-state index in [2.05, 4.69) is 50.8 Å². The van der Waals surface area contributed by atoms with E-state index >= 15 is 0 Å². The zero-order chi connectivity index (χ0) is 12.7. The van der Waals surface area contributed by atoms with Crippen molar-refractivity contribution in [1.82, 2.24) is 0 Å². The molecule has 0 radical (unpaired) electrons. The van der Waals surface area contributed by atoms with Crippen LogP contribution in [0, 0.1) is 18.3 Å². The van der Waals surface area contributed by atoms with Gasteiger partial charge in [-0.05, 0) is 45.0 Å². The minimum absolute atomic E-state index is 0.689. The number of hydrogen-bond acceptors (Lipinski definition) is 2. The van der Waals surface area contributed by atoms with Gasteiger partial charge in [-0.1, -0.05) is 23.8 Å². The van der Waals surface area contributed by atoms with Crippen molar-refractivity contribution in [2.45, 2.75) is 45.0 Å². The van der Waals surface area contributed by atoms with Gasteiger partial charge in [-0.25, -0.2) is 0 Å². The summed E-state index contributed by atoms with van der Waals surface area (Å²) >= 11 is 0. The Balaban J connectivity index is 2.48. The molecule has 1 aromatic carbocycles. The summed E-state index contributed by atoms with van der Waals surface area (Å²) in [6.45, 7) is 8.48. The summed E-state index contributed by atoms with van der Waals surface area (Å²) in [6.07, 6.45) is 1.75. The number of rotatable bonds is 2. The molecule has 90 valence electrons. The van der Waals surface area contributed by atoms with Gasteiger partial charge in [0, 0.05) is 5.56 Å². The highest BCUT2D eigenvalue weighted by Crippen LogP contribution is 2.41. The molecule has 0 saturated carbocycles. The van der Waals surface area contributed by atoms with Crippen LogP contribution in [-0.4, -0.2) is 8.32 Å². The fourth-order valence-corrected chi connectivity index (χ4v) is 3.80. The Morgan fingerprint density at radius 3 is 2.65 bits per heavy atom. The maximum Gasteiger partial charge on any atom is 0.186 e. The molecule has 3 heteroatoms. The second-order valence-corrected chi connectivity index (χ2v) is 10.2. The summed E-state index contributed by atoms with van der Waals surface area (Å²) in [7, 11) is -1.72. The lowest BCUT2D eigenvalue weighted by Gasteiger charge is -2.31. The van der Waals surface area contributed by atoms with Crippen LogP contribution in [0.25, 0.3) is 0 Å². The van der Waals surface area contributed by atoms with E-state index in [9.17, 15) is 5.26 Å². The zero-order valence-electron chi connectivity index (χ0n) is 11.0. The molecule has 1 aliphatic rings. The minimum atomic E-state index is -1.72. The van der Waals surface area contributed by atoms with Crippen LogP contribution in [0.15, 0.2) is 18.2 Å². The Labute approximate surface area is 104 Å². The number of benzene rings is 1. The molecule has 2 nitrogen and oxygen atoms in total. The normalized spacial score (nSPS) is 23.2. The van der Waals surface area contributed by atoms with Crippen LogP contribution in [0.2, 0.25) is 19.6 Å². The largest absolute Gasteiger partial charge is 0.396 e. The number of aryl methyl sites for hydroxylation is 2. The predicted molar refractivity (Wildman–Crippen MR) is 71.2 cm³/mol. The van der Waals surface area contributed by atoms with E-state index in [4.69, 9.17) is 4.43 Å². The fraction of sp³-hybridized carbons (Fsp3) is 0.500. The first-order valence-electron chi connectivity index (χ1n) is 6.08. The van der Waals surface area contributed by atoms with Crippen LogP contribution < -0.4 is 0 Å². The van der Waals surface area contributed by atoms with Gasteiger partial charge in [0.2, 0.25) is 0 Å². The van der Waals surface area contributed by atoms with E-state index in [1.54, 1.807) is 0 Å². The standard InChI is InChI=1S/C14H19NOSi/c1-11-5-6-12-7-8-14(10-15,13(12)9-11)16-17(2,3)4/h5-6,9H,7-8H2,1-4H3. The van der Waals surface area contributed by atoms with E-state index in [0.717, 1.165) is 18.4 Å². The Hall–Kier alpha value is -1.11. The molecule has 1 unspecified atom stereocenters. The van der Waals surface area contributed by atoms with Gasteiger partial charge >= 0.3 is 0 Å². The second-order valence-electron chi connectivity index (χ2n) is 5.81. The first kappa shape index (κ1) is 12.3. The summed E-state index contributed by atoms with van der Waals surface area (Å²) in [5, 5.41) is 9.56. The van der Waals surface area contributed by atoms with E-state index in [0.29, 0.717) is 0 Å². The highest BCUT2D eigenvalue weighted by molar-refractivity contribution is 6.69. The first-order chi connectivity index (χ1) is 7.86. The smallest absolute Gasteiger partial charge is 0.186 e. The summed E-state index contributed by atoms with van der Waals surface area (Å²) in [5.74, 6) is 0. The quantitative estimate of drug-likeness (QED) is 0.747. The third-order valence-corrected chi connectivity index (χ3v) is 4.07. The molecular weight excluding hydrogens is 226 g/mol. The molecule has 0 spiro atoms. The summed E-state index contributed by atoms with van der Waals surface area (Å²) in [5.41, 5.74) is 2.88. The van der Waals surface area contributed by atoms with Gasteiger partial charge in [-0.15, -0.1) is 0 Å². The Morgan fingerprint density at radius 1 is 1.35 bits per heavy atom. The molecule has 0 aliphatic heterocycles. The van der Waals surface area contributed by atoms with E-state index in [-0.39, 0.29) is 0 Å². The topological polar surface area (TPSA) is 33.0 Å². The van der Waals surface area contributed by atoms with Crippen LogP contribution >= 0.6 is 0 Å². The molecule has 0 fully saturated rings. The van der Waals surface area contributed by atoms with E-state index in [1.165, 1.54) is 11.1 Å². The maximum atomic E-state index is 9.56.